The molecule has 4 heteroatoms. The number of nitrogens with zero attached hydrogens (tertiary/aromatic N) is 3. The third kappa shape index (κ3) is 2.59. The number of halogens is 1. The van der Waals surface area contributed by atoms with E-state index in [0.29, 0.717) is 11.9 Å². The van der Waals surface area contributed by atoms with E-state index >= 15 is 0 Å². The second-order valence-corrected chi connectivity index (χ2v) is 4.44. The Balaban J connectivity index is 2.24. The maximum absolute atomic E-state index is 5.80. The minimum absolute atomic E-state index is 0.616. The van der Waals surface area contributed by atoms with E-state index in [-0.39, 0.29) is 0 Å². The van der Waals surface area contributed by atoms with Crippen molar-refractivity contribution in [3.05, 3.63) is 17.5 Å². The van der Waals surface area contributed by atoms with Gasteiger partial charge in [-0.2, -0.15) is 0 Å². The van der Waals surface area contributed by atoms with Crippen molar-refractivity contribution in [2.24, 2.45) is 0 Å². The molecule has 0 atom stereocenters. The van der Waals surface area contributed by atoms with Gasteiger partial charge in [0.1, 0.15) is 0 Å². The van der Waals surface area contributed by atoms with Crippen LogP contribution in [0, 0.1) is 13.8 Å². The van der Waals surface area contributed by atoms with Gasteiger partial charge in [0, 0.05) is 29.9 Å². The van der Waals surface area contributed by atoms with Gasteiger partial charge < -0.3 is 4.90 Å². The predicted molar refractivity (Wildman–Crippen MR) is 62.6 cm³/mol. The van der Waals surface area contributed by atoms with Gasteiger partial charge in [-0.1, -0.05) is 0 Å². The molecule has 15 heavy (non-hydrogen) atoms. The van der Waals surface area contributed by atoms with E-state index in [4.69, 9.17) is 11.6 Å². The Morgan fingerprint density at radius 1 is 1.33 bits per heavy atom. The van der Waals surface area contributed by atoms with Crippen LogP contribution >= 0.6 is 11.6 Å². The molecule has 0 bridgehead atoms. The van der Waals surface area contributed by atoms with Gasteiger partial charge >= 0.3 is 0 Å². The number of aryl methyl sites for hydroxylation is 2. The van der Waals surface area contributed by atoms with Crippen molar-refractivity contribution in [2.75, 3.05) is 17.3 Å². The predicted octanol–water partition coefficient (Wildman–Crippen LogP) is 2.30. The summed E-state index contributed by atoms with van der Waals surface area (Å²) in [5, 5.41) is 0. The molecule has 0 aliphatic heterocycles. The van der Waals surface area contributed by atoms with Crippen LogP contribution in [-0.2, 0) is 0 Å². The molecule has 3 nitrogen and oxygen atoms in total. The minimum Gasteiger partial charge on any atom is -0.337 e. The maximum atomic E-state index is 5.80. The zero-order chi connectivity index (χ0) is 10.8. The van der Waals surface area contributed by atoms with Crippen LogP contribution in [0.2, 0.25) is 0 Å². The monoisotopic (exact) mass is 225 g/mol. The van der Waals surface area contributed by atoms with Crippen molar-refractivity contribution in [1.82, 2.24) is 9.97 Å². The first kappa shape index (κ1) is 10.7. The van der Waals surface area contributed by atoms with Crippen LogP contribution in [0.25, 0.3) is 0 Å². The van der Waals surface area contributed by atoms with Gasteiger partial charge in [-0.25, -0.2) is 9.97 Å². The zero-order valence-electron chi connectivity index (χ0n) is 9.20. The Morgan fingerprint density at radius 2 is 1.93 bits per heavy atom. The second kappa shape index (κ2) is 4.35. The van der Waals surface area contributed by atoms with E-state index in [1.807, 2.05) is 19.9 Å². The molecular formula is C11H16ClN3. The molecule has 1 heterocycles. The molecule has 1 aliphatic carbocycles. The first-order chi connectivity index (χ1) is 7.20. The van der Waals surface area contributed by atoms with Crippen molar-refractivity contribution in [3.8, 4) is 0 Å². The topological polar surface area (TPSA) is 29.0 Å². The minimum atomic E-state index is 0.616. The summed E-state index contributed by atoms with van der Waals surface area (Å²) in [7, 11) is 0. The quantitative estimate of drug-likeness (QED) is 0.737. The lowest BCUT2D eigenvalue weighted by Gasteiger charge is -2.21. The molecule has 0 radical (unpaired) electrons. The van der Waals surface area contributed by atoms with Crippen LogP contribution in [0.3, 0.4) is 0 Å². The molecule has 0 N–H and O–H groups in total. The highest BCUT2D eigenvalue weighted by atomic mass is 35.5. The fourth-order valence-electron chi connectivity index (χ4n) is 1.76. The number of hydrogen-bond donors (Lipinski definition) is 0. The molecule has 0 amide bonds. The summed E-state index contributed by atoms with van der Waals surface area (Å²) in [5.41, 5.74) is 2.05. The summed E-state index contributed by atoms with van der Waals surface area (Å²) in [5.74, 6) is 1.47. The summed E-state index contributed by atoms with van der Waals surface area (Å²) in [4.78, 5) is 11.2. The SMILES string of the molecule is Cc1cc(C)nc(N(CCCl)C2CC2)n1. The standard InChI is InChI=1S/C11H16ClN3/c1-8-7-9(2)14-11(13-8)15(6-5-12)10-3-4-10/h7,10H,3-6H2,1-2H3. The molecule has 2 rings (SSSR count). The van der Waals surface area contributed by atoms with E-state index in [2.05, 4.69) is 14.9 Å². The third-order valence-corrected chi connectivity index (χ3v) is 2.71. The number of anilines is 1. The smallest absolute Gasteiger partial charge is 0.226 e. The van der Waals surface area contributed by atoms with E-state index in [0.717, 1.165) is 23.9 Å². The highest BCUT2D eigenvalue weighted by molar-refractivity contribution is 6.18. The van der Waals surface area contributed by atoms with Crippen molar-refractivity contribution >= 4 is 17.5 Å². The van der Waals surface area contributed by atoms with Gasteiger partial charge in [-0.15, -0.1) is 11.6 Å². The Kier molecular flexibility index (Phi) is 3.10. The van der Waals surface area contributed by atoms with Crippen molar-refractivity contribution in [1.29, 1.82) is 0 Å². The van der Waals surface area contributed by atoms with Gasteiger partial charge in [-0.3, -0.25) is 0 Å². The van der Waals surface area contributed by atoms with Crippen LogP contribution in [0.5, 0.6) is 0 Å². The lowest BCUT2D eigenvalue weighted by Crippen LogP contribution is -2.30. The van der Waals surface area contributed by atoms with Gasteiger partial charge in [0.2, 0.25) is 5.95 Å². The Labute approximate surface area is 95.5 Å². The highest BCUT2D eigenvalue weighted by Crippen LogP contribution is 2.29. The second-order valence-electron chi connectivity index (χ2n) is 4.06. The van der Waals surface area contributed by atoms with Crippen LogP contribution in [0.15, 0.2) is 6.07 Å². The van der Waals surface area contributed by atoms with Gasteiger partial charge in [0.15, 0.2) is 0 Å². The molecule has 1 saturated carbocycles. The van der Waals surface area contributed by atoms with Gasteiger partial charge in [0.25, 0.3) is 0 Å². The van der Waals surface area contributed by atoms with E-state index in [1.54, 1.807) is 0 Å². The zero-order valence-corrected chi connectivity index (χ0v) is 9.96. The molecule has 1 aliphatic rings. The molecule has 82 valence electrons. The molecule has 0 aromatic carbocycles. The van der Waals surface area contributed by atoms with Gasteiger partial charge in [0.05, 0.1) is 0 Å². The van der Waals surface area contributed by atoms with E-state index < -0.39 is 0 Å². The summed E-state index contributed by atoms with van der Waals surface area (Å²) in [6.45, 7) is 4.85. The molecule has 1 aromatic heterocycles. The first-order valence-electron chi connectivity index (χ1n) is 5.35. The van der Waals surface area contributed by atoms with Crippen LogP contribution < -0.4 is 4.90 Å². The fraction of sp³-hybridized carbons (Fsp3) is 0.636. The lowest BCUT2D eigenvalue weighted by atomic mass is 10.3. The molecule has 0 spiro atoms. The van der Waals surface area contributed by atoms with Crippen molar-refractivity contribution in [2.45, 2.75) is 32.7 Å². The summed E-state index contributed by atoms with van der Waals surface area (Å²) in [6.07, 6.45) is 2.49. The van der Waals surface area contributed by atoms with Crippen LogP contribution in [-0.4, -0.2) is 28.4 Å². The highest BCUT2D eigenvalue weighted by Gasteiger charge is 2.30. The Morgan fingerprint density at radius 3 is 2.40 bits per heavy atom. The fourth-order valence-corrected chi connectivity index (χ4v) is 1.94. The van der Waals surface area contributed by atoms with E-state index in [9.17, 15) is 0 Å². The van der Waals surface area contributed by atoms with Crippen molar-refractivity contribution < 1.29 is 0 Å². The molecular weight excluding hydrogens is 210 g/mol. The maximum Gasteiger partial charge on any atom is 0.226 e. The number of aromatic nitrogens is 2. The average molecular weight is 226 g/mol. The lowest BCUT2D eigenvalue weighted by molar-refractivity contribution is 0.781. The van der Waals surface area contributed by atoms with Crippen LogP contribution in [0.4, 0.5) is 5.95 Å². The number of rotatable bonds is 4. The summed E-state index contributed by atoms with van der Waals surface area (Å²) < 4.78 is 0. The number of hydrogen-bond acceptors (Lipinski definition) is 3. The van der Waals surface area contributed by atoms with Gasteiger partial charge in [-0.05, 0) is 32.8 Å². The molecule has 0 saturated heterocycles. The van der Waals surface area contributed by atoms with E-state index in [1.165, 1.54) is 12.8 Å². The average Bonchev–Trinajstić information content (AvgIpc) is 2.95. The van der Waals surface area contributed by atoms with Crippen LogP contribution in [0.1, 0.15) is 24.2 Å². The van der Waals surface area contributed by atoms with Crippen molar-refractivity contribution in [3.63, 3.8) is 0 Å². The Hall–Kier alpha value is -0.830. The summed E-state index contributed by atoms with van der Waals surface area (Å²) in [6, 6.07) is 2.61. The molecule has 1 fully saturated rings. The Bertz CT molecular complexity index is 329. The normalized spacial score (nSPS) is 15.4. The summed E-state index contributed by atoms with van der Waals surface area (Å²) >= 11 is 5.80. The largest absolute Gasteiger partial charge is 0.337 e. The molecule has 1 aromatic rings. The first-order valence-corrected chi connectivity index (χ1v) is 5.89. The molecule has 0 unspecified atom stereocenters. The number of alkyl halides is 1. The third-order valence-electron chi connectivity index (χ3n) is 2.54.